The minimum Gasteiger partial charge on any atom is -0.396 e. The molecule has 0 aromatic heterocycles. The molecule has 3 saturated carbocycles. The number of rotatable bonds is 3. The standard InChI is InChI=1S/C11H20O2/c1-13-9-11-5-2-10(8-12,3-6-11)4-7-11/h12H,2-9H2,1H3. The molecule has 0 spiro atoms. The highest BCUT2D eigenvalue weighted by molar-refractivity contribution is 4.98. The molecule has 13 heavy (non-hydrogen) atoms. The fourth-order valence-corrected chi connectivity index (χ4v) is 3.10. The van der Waals surface area contributed by atoms with Crippen LogP contribution in [0.5, 0.6) is 0 Å². The lowest BCUT2D eigenvalue weighted by atomic mass is 9.54. The molecule has 3 aliphatic carbocycles. The van der Waals surface area contributed by atoms with Crippen molar-refractivity contribution in [3.8, 4) is 0 Å². The quantitative estimate of drug-likeness (QED) is 0.726. The maximum atomic E-state index is 9.35. The number of hydrogen-bond donors (Lipinski definition) is 1. The first-order valence-electron chi connectivity index (χ1n) is 5.34. The summed E-state index contributed by atoms with van der Waals surface area (Å²) in [4.78, 5) is 0. The van der Waals surface area contributed by atoms with Gasteiger partial charge in [-0.25, -0.2) is 0 Å². The van der Waals surface area contributed by atoms with Gasteiger partial charge >= 0.3 is 0 Å². The van der Waals surface area contributed by atoms with Crippen molar-refractivity contribution < 1.29 is 9.84 Å². The molecule has 2 bridgehead atoms. The molecule has 0 unspecified atom stereocenters. The van der Waals surface area contributed by atoms with Crippen LogP contribution in [-0.4, -0.2) is 25.4 Å². The average molecular weight is 184 g/mol. The molecule has 0 amide bonds. The Kier molecular flexibility index (Phi) is 2.37. The molecule has 0 atom stereocenters. The summed E-state index contributed by atoms with van der Waals surface area (Å²) in [5, 5.41) is 9.35. The van der Waals surface area contributed by atoms with E-state index in [0.29, 0.717) is 17.4 Å². The third-order valence-electron chi connectivity index (χ3n) is 4.34. The summed E-state index contributed by atoms with van der Waals surface area (Å²) in [6.07, 6.45) is 7.44. The molecular weight excluding hydrogens is 164 g/mol. The van der Waals surface area contributed by atoms with Crippen LogP contribution in [0.15, 0.2) is 0 Å². The third-order valence-corrected chi connectivity index (χ3v) is 4.34. The fraction of sp³-hybridized carbons (Fsp3) is 1.00. The van der Waals surface area contributed by atoms with Crippen molar-refractivity contribution in [1.29, 1.82) is 0 Å². The lowest BCUT2D eigenvalue weighted by molar-refractivity contribution is -0.0737. The third kappa shape index (κ3) is 1.50. The molecule has 0 aromatic carbocycles. The first kappa shape index (κ1) is 9.47. The number of fused-ring (bicyclic) bond motifs is 3. The van der Waals surface area contributed by atoms with Gasteiger partial charge in [0.1, 0.15) is 0 Å². The van der Waals surface area contributed by atoms with Crippen molar-refractivity contribution in [2.75, 3.05) is 20.3 Å². The second-order valence-electron chi connectivity index (χ2n) is 5.09. The van der Waals surface area contributed by atoms with Gasteiger partial charge in [-0.2, -0.15) is 0 Å². The summed E-state index contributed by atoms with van der Waals surface area (Å²) in [6.45, 7) is 1.32. The summed E-state index contributed by atoms with van der Waals surface area (Å²) >= 11 is 0. The predicted octanol–water partition coefficient (Wildman–Crippen LogP) is 1.97. The SMILES string of the molecule is COCC12CCC(CO)(CC1)CC2. The van der Waals surface area contributed by atoms with Gasteiger partial charge in [-0.15, -0.1) is 0 Å². The van der Waals surface area contributed by atoms with Crippen LogP contribution in [0, 0.1) is 10.8 Å². The molecule has 0 aromatic rings. The molecule has 0 aliphatic heterocycles. The van der Waals surface area contributed by atoms with Gasteiger partial charge in [-0.05, 0) is 49.4 Å². The maximum absolute atomic E-state index is 9.35. The van der Waals surface area contributed by atoms with Crippen LogP contribution in [-0.2, 0) is 4.74 Å². The summed E-state index contributed by atoms with van der Waals surface area (Å²) < 4.78 is 5.30. The summed E-state index contributed by atoms with van der Waals surface area (Å²) in [5.74, 6) is 0. The topological polar surface area (TPSA) is 29.5 Å². The number of aliphatic hydroxyl groups excluding tert-OH is 1. The van der Waals surface area contributed by atoms with E-state index in [0.717, 1.165) is 6.61 Å². The summed E-state index contributed by atoms with van der Waals surface area (Å²) in [5.41, 5.74) is 0.779. The van der Waals surface area contributed by atoms with Crippen LogP contribution < -0.4 is 0 Å². The van der Waals surface area contributed by atoms with Crippen LogP contribution in [0.25, 0.3) is 0 Å². The maximum Gasteiger partial charge on any atom is 0.0518 e. The largest absolute Gasteiger partial charge is 0.396 e. The van der Waals surface area contributed by atoms with Gasteiger partial charge in [0, 0.05) is 13.7 Å². The van der Waals surface area contributed by atoms with Crippen molar-refractivity contribution in [1.82, 2.24) is 0 Å². The molecule has 1 N–H and O–H groups in total. The first-order chi connectivity index (χ1) is 6.24. The van der Waals surface area contributed by atoms with Crippen LogP contribution >= 0.6 is 0 Å². The number of aliphatic hydroxyl groups is 1. The second kappa shape index (κ2) is 3.25. The van der Waals surface area contributed by atoms with Crippen LogP contribution in [0.2, 0.25) is 0 Å². The molecule has 0 radical (unpaired) electrons. The van der Waals surface area contributed by atoms with Gasteiger partial charge in [0.25, 0.3) is 0 Å². The van der Waals surface area contributed by atoms with Gasteiger partial charge in [0.05, 0.1) is 6.61 Å². The predicted molar refractivity (Wildman–Crippen MR) is 51.5 cm³/mol. The molecule has 2 nitrogen and oxygen atoms in total. The van der Waals surface area contributed by atoms with Gasteiger partial charge < -0.3 is 9.84 Å². The van der Waals surface area contributed by atoms with E-state index in [1.807, 2.05) is 0 Å². The minimum absolute atomic E-state index is 0.301. The lowest BCUT2D eigenvalue weighted by Gasteiger charge is -2.52. The highest BCUT2D eigenvalue weighted by atomic mass is 16.5. The molecule has 0 saturated heterocycles. The van der Waals surface area contributed by atoms with E-state index in [9.17, 15) is 5.11 Å². The van der Waals surface area contributed by atoms with Crippen molar-refractivity contribution in [2.24, 2.45) is 10.8 Å². The van der Waals surface area contributed by atoms with E-state index < -0.39 is 0 Å². The summed E-state index contributed by atoms with van der Waals surface area (Å²) in [6, 6.07) is 0. The normalized spacial score (nSPS) is 43.8. The van der Waals surface area contributed by atoms with E-state index in [2.05, 4.69) is 0 Å². The van der Waals surface area contributed by atoms with Gasteiger partial charge in [-0.3, -0.25) is 0 Å². The highest BCUT2D eigenvalue weighted by Crippen LogP contribution is 2.56. The Morgan fingerprint density at radius 1 is 1.00 bits per heavy atom. The van der Waals surface area contributed by atoms with Crippen molar-refractivity contribution >= 4 is 0 Å². The molecule has 76 valence electrons. The molecular formula is C11H20O2. The molecule has 3 fully saturated rings. The molecule has 2 heteroatoms. The number of hydrogen-bond acceptors (Lipinski definition) is 2. The Labute approximate surface area is 80.3 Å². The second-order valence-corrected chi connectivity index (χ2v) is 5.09. The zero-order valence-electron chi connectivity index (χ0n) is 8.51. The fourth-order valence-electron chi connectivity index (χ4n) is 3.10. The Morgan fingerprint density at radius 3 is 1.85 bits per heavy atom. The Balaban J connectivity index is 2.03. The summed E-state index contributed by atoms with van der Waals surface area (Å²) in [7, 11) is 1.80. The molecule has 3 aliphatic rings. The van der Waals surface area contributed by atoms with E-state index in [1.54, 1.807) is 7.11 Å². The van der Waals surface area contributed by atoms with Crippen LogP contribution in [0.1, 0.15) is 38.5 Å². The Hall–Kier alpha value is -0.0800. The zero-order valence-corrected chi connectivity index (χ0v) is 8.51. The highest BCUT2D eigenvalue weighted by Gasteiger charge is 2.47. The van der Waals surface area contributed by atoms with Crippen molar-refractivity contribution in [3.05, 3.63) is 0 Å². The minimum atomic E-state index is 0.301. The van der Waals surface area contributed by atoms with Gasteiger partial charge in [0.2, 0.25) is 0 Å². The van der Waals surface area contributed by atoms with Crippen LogP contribution in [0.4, 0.5) is 0 Å². The van der Waals surface area contributed by atoms with Crippen molar-refractivity contribution in [3.63, 3.8) is 0 Å². The lowest BCUT2D eigenvalue weighted by Crippen LogP contribution is -2.45. The van der Waals surface area contributed by atoms with Crippen molar-refractivity contribution in [2.45, 2.75) is 38.5 Å². The average Bonchev–Trinajstić information content (AvgIpc) is 2.21. The van der Waals surface area contributed by atoms with Gasteiger partial charge in [0.15, 0.2) is 0 Å². The first-order valence-corrected chi connectivity index (χ1v) is 5.34. The van der Waals surface area contributed by atoms with E-state index in [-0.39, 0.29) is 0 Å². The Morgan fingerprint density at radius 2 is 1.46 bits per heavy atom. The van der Waals surface area contributed by atoms with E-state index in [4.69, 9.17) is 4.74 Å². The Bertz CT molecular complexity index is 164. The monoisotopic (exact) mass is 184 g/mol. The van der Waals surface area contributed by atoms with Gasteiger partial charge in [-0.1, -0.05) is 0 Å². The molecule has 0 heterocycles. The zero-order chi connectivity index (χ0) is 9.36. The molecule has 3 rings (SSSR count). The number of methoxy groups -OCH3 is 1. The van der Waals surface area contributed by atoms with E-state index in [1.165, 1.54) is 38.5 Å². The smallest absolute Gasteiger partial charge is 0.0518 e. The van der Waals surface area contributed by atoms with Crippen LogP contribution in [0.3, 0.4) is 0 Å². The van der Waals surface area contributed by atoms with E-state index >= 15 is 0 Å². The number of ether oxygens (including phenoxy) is 1.